The van der Waals surface area contributed by atoms with E-state index in [1.54, 1.807) is 0 Å². The molecule has 0 bridgehead atoms. The predicted molar refractivity (Wildman–Crippen MR) is 85.5 cm³/mol. The zero-order valence-electron chi connectivity index (χ0n) is 13.5. The minimum Gasteiger partial charge on any atom is -0.464 e. The minimum atomic E-state index is 0.691. The Labute approximate surface area is 128 Å². The quantitative estimate of drug-likeness (QED) is 0.780. The Kier molecular flexibility index (Phi) is 4.99. The molecule has 2 heterocycles. The molecule has 0 amide bonds. The third-order valence-corrected chi connectivity index (χ3v) is 4.88. The molecule has 1 saturated heterocycles. The van der Waals surface area contributed by atoms with Gasteiger partial charge in [-0.25, -0.2) is 0 Å². The predicted octanol–water partition coefficient (Wildman–Crippen LogP) is 2.13. The lowest BCUT2D eigenvalue weighted by molar-refractivity contribution is 0.152. The van der Waals surface area contributed by atoms with E-state index >= 15 is 0 Å². The molecular weight excluding hydrogens is 262 g/mol. The van der Waals surface area contributed by atoms with Crippen LogP contribution in [0.1, 0.15) is 37.2 Å². The van der Waals surface area contributed by atoms with E-state index in [1.165, 1.54) is 51.3 Å². The van der Waals surface area contributed by atoms with Crippen molar-refractivity contribution in [3.63, 3.8) is 0 Å². The maximum absolute atomic E-state index is 5.91. The van der Waals surface area contributed by atoms with Crippen LogP contribution < -0.4 is 5.32 Å². The van der Waals surface area contributed by atoms with Crippen molar-refractivity contribution < 1.29 is 4.42 Å². The monoisotopic (exact) mass is 291 g/mol. The van der Waals surface area contributed by atoms with Crippen LogP contribution in [0.4, 0.5) is 0 Å². The zero-order chi connectivity index (χ0) is 14.7. The SMILES string of the molecule is CC1CC1c1ccc(CNCCCN2CCN(C)CC2)o1. The van der Waals surface area contributed by atoms with Gasteiger partial charge in [-0.05, 0) is 51.0 Å². The molecule has 1 aromatic heterocycles. The van der Waals surface area contributed by atoms with Crippen LogP contribution in [0.25, 0.3) is 0 Å². The highest BCUT2D eigenvalue weighted by Crippen LogP contribution is 2.47. The average molecular weight is 291 g/mol. The van der Waals surface area contributed by atoms with Crippen molar-refractivity contribution >= 4 is 0 Å². The Balaban J connectivity index is 1.27. The van der Waals surface area contributed by atoms with Crippen LogP contribution in [-0.4, -0.2) is 56.1 Å². The smallest absolute Gasteiger partial charge is 0.117 e. The summed E-state index contributed by atoms with van der Waals surface area (Å²) < 4.78 is 5.91. The van der Waals surface area contributed by atoms with E-state index in [1.807, 2.05) is 0 Å². The van der Waals surface area contributed by atoms with Crippen LogP contribution in [0.15, 0.2) is 16.5 Å². The number of nitrogens with zero attached hydrogens (tertiary/aromatic N) is 2. The first kappa shape index (κ1) is 15.1. The van der Waals surface area contributed by atoms with Crippen molar-refractivity contribution in [2.24, 2.45) is 5.92 Å². The third kappa shape index (κ3) is 4.31. The molecule has 1 saturated carbocycles. The molecule has 1 aliphatic carbocycles. The number of hydrogen-bond donors (Lipinski definition) is 1. The average Bonchev–Trinajstić information content (AvgIpc) is 3.03. The molecule has 2 aliphatic rings. The van der Waals surface area contributed by atoms with Gasteiger partial charge in [-0.3, -0.25) is 0 Å². The molecule has 1 aromatic rings. The van der Waals surface area contributed by atoms with Crippen LogP contribution in [0, 0.1) is 5.92 Å². The van der Waals surface area contributed by atoms with E-state index in [0.29, 0.717) is 5.92 Å². The van der Waals surface area contributed by atoms with Gasteiger partial charge in [-0.15, -0.1) is 0 Å². The fourth-order valence-corrected chi connectivity index (χ4v) is 3.12. The van der Waals surface area contributed by atoms with Gasteiger partial charge < -0.3 is 19.5 Å². The first-order valence-corrected chi connectivity index (χ1v) is 8.42. The van der Waals surface area contributed by atoms with Crippen molar-refractivity contribution in [1.29, 1.82) is 0 Å². The standard InChI is InChI=1S/C17H29N3O/c1-14-12-16(14)17-5-4-15(21-17)13-18-6-3-7-20-10-8-19(2)9-11-20/h4-5,14,16,18H,3,6-13H2,1-2H3. The zero-order valence-corrected chi connectivity index (χ0v) is 13.5. The minimum absolute atomic E-state index is 0.691. The first-order valence-electron chi connectivity index (χ1n) is 8.42. The lowest BCUT2D eigenvalue weighted by Crippen LogP contribution is -2.45. The number of likely N-dealkylation sites (N-methyl/N-ethyl adjacent to an activating group) is 1. The highest BCUT2D eigenvalue weighted by molar-refractivity contribution is 5.17. The van der Waals surface area contributed by atoms with Gasteiger partial charge in [0, 0.05) is 32.1 Å². The number of nitrogens with one attached hydrogen (secondary N) is 1. The van der Waals surface area contributed by atoms with Crippen LogP contribution >= 0.6 is 0 Å². The number of furan rings is 1. The molecule has 118 valence electrons. The summed E-state index contributed by atoms with van der Waals surface area (Å²) in [5, 5.41) is 3.50. The van der Waals surface area contributed by atoms with Crippen molar-refractivity contribution in [1.82, 2.24) is 15.1 Å². The summed E-state index contributed by atoms with van der Waals surface area (Å²) in [6.07, 6.45) is 2.52. The Morgan fingerprint density at radius 2 is 2.00 bits per heavy atom. The summed E-state index contributed by atoms with van der Waals surface area (Å²) in [6, 6.07) is 4.29. The van der Waals surface area contributed by atoms with E-state index in [0.717, 1.165) is 24.8 Å². The van der Waals surface area contributed by atoms with Gasteiger partial charge in [0.15, 0.2) is 0 Å². The van der Waals surface area contributed by atoms with Crippen LogP contribution in [0.2, 0.25) is 0 Å². The highest BCUT2D eigenvalue weighted by atomic mass is 16.3. The molecule has 21 heavy (non-hydrogen) atoms. The van der Waals surface area contributed by atoms with Gasteiger partial charge in [0.25, 0.3) is 0 Å². The molecule has 1 N–H and O–H groups in total. The Hall–Kier alpha value is -0.840. The van der Waals surface area contributed by atoms with Crippen molar-refractivity contribution in [2.45, 2.75) is 32.2 Å². The fourth-order valence-electron chi connectivity index (χ4n) is 3.12. The molecule has 0 aromatic carbocycles. The second-order valence-electron chi connectivity index (χ2n) is 6.80. The first-order chi connectivity index (χ1) is 10.2. The van der Waals surface area contributed by atoms with Gasteiger partial charge in [-0.1, -0.05) is 6.92 Å². The molecule has 0 radical (unpaired) electrons. The second-order valence-corrected chi connectivity index (χ2v) is 6.80. The Bertz CT molecular complexity index is 437. The van der Waals surface area contributed by atoms with Gasteiger partial charge >= 0.3 is 0 Å². The molecule has 3 rings (SSSR count). The maximum Gasteiger partial charge on any atom is 0.117 e. The normalized spacial score (nSPS) is 27.1. The van der Waals surface area contributed by atoms with E-state index in [-0.39, 0.29) is 0 Å². The lowest BCUT2D eigenvalue weighted by atomic mass is 10.3. The topological polar surface area (TPSA) is 31.6 Å². The number of hydrogen-bond acceptors (Lipinski definition) is 4. The molecule has 2 unspecified atom stereocenters. The van der Waals surface area contributed by atoms with Gasteiger partial charge in [0.05, 0.1) is 6.54 Å². The number of piperazine rings is 1. The summed E-state index contributed by atoms with van der Waals surface area (Å²) in [6.45, 7) is 10.3. The van der Waals surface area contributed by atoms with Gasteiger partial charge in [0.1, 0.15) is 11.5 Å². The highest BCUT2D eigenvalue weighted by Gasteiger charge is 2.36. The molecule has 2 fully saturated rings. The molecule has 2 atom stereocenters. The molecule has 0 spiro atoms. The lowest BCUT2D eigenvalue weighted by Gasteiger charge is -2.32. The summed E-state index contributed by atoms with van der Waals surface area (Å²) >= 11 is 0. The van der Waals surface area contributed by atoms with Gasteiger partial charge in [-0.2, -0.15) is 0 Å². The molecule has 1 aliphatic heterocycles. The van der Waals surface area contributed by atoms with E-state index in [9.17, 15) is 0 Å². The van der Waals surface area contributed by atoms with Crippen molar-refractivity contribution in [2.75, 3.05) is 46.3 Å². The summed E-state index contributed by atoms with van der Waals surface area (Å²) in [5.74, 6) is 3.79. The van der Waals surface area contributed by atoms with Gasteiger partial charge in [0.2, 0.25) is 0 Å². The van der Waals surface area contributed by atoms with E-state index < -0.39 is 0 Å². The van der Waals surface area contributed by atoms with Crippen LogP contribution in [0.5, 0.6) is 0 Å². The summed E-state index contributed by atoms with van der Waals surface area (Å²) in [7, 11) is 2.21. The second kappa shape index (κ2) is 6.95. The van der Waals surface area contributed by atoms with Crippen molar-refractivity contribution in [3.8, 4) is 0 Å². The maximum atomic E-state index is 5.91. The molecular formula is C17H29N3O. The van der Waals surface area contributed by atoms with Crippen molar-refractivity contribution in [3.05, 3.63) is 23.7 Å². The summed E-state index contributed by atoms with van der Waals surface area (Å²) in [5.41, 5.74) is 0. The van der Waals surface area contributed by atoms with E-state index in [4.69, 9.17) is 4.42 Å². The molecule has 4 nitrogen and oxygen atoms in total. The fraction of sp³-hybridized carbons (Fsp3) is 0.765. The summed E-state index contributed by atoms with van der Waals surface area (Å²) in [4.78, 5) is 4.98. The molecule has 4 heteroatoms. The number of rotatable bonds is 7. The largest absolute Gasteiger partial charge is 0.464 e. The Morgan fingerprint density at radius 3 is 2.71 bits per heavy atom. The third-order valence-electron chi connectivity index (χ3n) is 4.88. The van der Waals surface area contributed by atoms with Crippen LogP contribution in [0.3, 0.4) is 0 Å². The van der Waals surface area contributed by atoms with Crippen LogP contribution in [-0.2, 0) is 6.54 Å². The Morgan fingerprint density at radius 1 is 1.24 bits per heavy atom. The van der Waals surface area contributed by atoms with E-state index in [2.05, 4.69) is 41.2 Å².